The molecule has 0 saturated carbocycles. The number of carbonyl (C=O) groups is 2. The zero-order chi connectivity index (χ0) is 13.3. The van der Waals surface area contributed by atoms with E-state index in [-0.39, 0.29) is 24.0 Å². The van der Waals surface area contributed by atoms with Crippen LogP contribution in [0.1, 0.15) is 26.7 Å². The molecule has 2 atom stereocenters. The van der Waals surface area contributed by atoms with Crippen molar-refractivity contribution in [3.05, 3.63) is 0 Å². The number of rotatable bonds is 1. The molecule has 100 valence electrons. The van der Waals surface area contributed by atoms with E-state index in [0.29, 0.717) is 31.6 Å². The van der Waals surface area contributed by atoms with Crippen LogP contribution in [0.5, 0.6) is 0 Å². The molecule has 0 unspecified atom stereocenters. The van der Waals surface area contributed by atoms with Gasteiger partial charge in [-0.15, -0.1) is 0 Å². The molecule has 0 aromatic rings. The van der Waals surface area contributed by atoms with E-state index in [0.717, 1.165) is 0 Å². The lowest BCUT2D eigenvalue weighted by molar-refractivity contribution is -0.136. The van der Waals surface area contributed by atoms with Gasteiger partial charge in [-0.2, -0.15) is 5.10 Å². The highest BCUT2D eigenvalue weighted by atomic mass is 16.5. The second-order valence-corrected chi connectivity index (χ2v) is 4.93. The summed E-state index contributed by atoms with van der Waals surface area (Å²) in [5.74, 6) is -0.119. The third-order valence-corrected chi connectivity index (χ3v) is 3.16. The fourth-order valence-electron chi connectivity index (χ4n) is 2.35. The van der Waals surface area contributed by atoms with Gasteiger partial charge in [0.15, 0.2) is 0 Å². The number of nitrogens with zero attached hydrogens (tertiary/aromatic N) is 3. The van der Waals surface area contributed by atoms with Crippen LogP contribution in [0.4, 0.5) is 0 Å². The fraction of sp³-hybridized carbons (Fsp3) is 0.750. The van der Waals surface area contributed by atoms with E-state index in [1.54, 1.807) is 11.9 Å². The summed E-state index contributed by atoms with van der Waals surface area (Å²) >= 11 is 0. The largest absolute Gasteiger partial charge is 0.372 e. The second-order valence-electron chi connectivity index (χ2n) is 4.93. The monoisotopic (exact) mass is 253 g/mol. The van der Waals surface area contributed by atoms with E-state index in [4.69, 9.17) is 4.74 Å². The minimum absolute atomic E-state index is 0.0428. The Bertz CT molecular complexity index is 384. The molecular weight excluding hydrogens is 234 g/mol. The summed E-state index contributed by atoms with van der Waals surface area (Å²) in [4.78, 5) is 25.4. The van der Waals surface area contributed by atoms with Crippen molar-refractivity contribution in [1.82, 2.24) is 9.91 Å². The second kappa shape index (κ2) is 5.06. The molecule has 0 bridgehead atoms. The molecule has 1 fully saturated rings. The first-order valence-electron chi connectivity index (χ1n) is 6.26. The van der Waals surface area contributed by atoms with Gasteiger partial charge < -0.3 is 9.64 Å². The predicted molar refractivity (Wildman–Crippen MR) is 66.0 cm³/mol. The first kappa shape index (κ1) is 13.0. The van der Waals surface area contributed by atoms with Gasteiger partial charge in [-0.3, -0.25) is 9.59 Å². The molecule has 0 spiro atoms. The van der Waals surface area contributed by atoms with Gasteiger partial charge in [0.25, 0.3) is 5.91 Å². The van der Waals surface area contributed by atoms with Crippen molar-refractivity contribution in [3.8, 4) is 0 Å². The number of morpholine rings is 1. The average molecular weight is 253 g/mol. The van der Waals surface area contributed by atoms with E-state index in [1.165, 1.54) is 5.01 Å². The molecular formula is C12H19N3O3. The number of carbonyl (C=O) groups excluding carboxylic acids is 2. The Balaban J connectivity index is 2.07. The molecule has 2 aliphatic heterocycles. The highest BCUT2D eigenvalue weighted by Gasteiger charge is 2.30. The van der Waals surface area contributed by atoms with E-state index in [9.17, 15) is 9.59 Å². The van der Waals surface area contributed by atoms with Crippen LogP contribution < -0.4 is 0 Å². The van der Waals surface area contributed by atoms with Gasteiger partial charge in [0.2, 0.25) is 5.91 Å². The van der Waals surface area contributed by atoms with Crippen molar-refractivity contribution in [2.24, 2.45) is 5.10 Å². The summed E-state index contributed by atoms with van der Waals surface area (Å²) < 4.78 is 5.59. The standard InChI is InChI=1S/C12H19N3O3/c1-8-6-15(7-9(2)18-8)12(17)10-4-5-11(16)14(3)13-10/h8-9H,4-7H2,1-3H3/t8-,9+. The van der Waals surface area contributed by atoms with E-state index < -0.39 is 0 Å². The maximum atomic E-state index is 12.3. The summed E-state index contributed by atoms with van der Waals surface area (Å²) in [6.07, 6.45) is 0.876. The summed E-state index contributed by atoms with van der Waals surface area (Å²) in [6.45, 7) is 5.07. The molecule has 18 heavy (non-hydrogen) atoms. The SMILES string of the molecule is C[C@@H]1CN(C(=O)C2=NN(C)C(=O)CC2)C[C@H](C)O1. The lowest BCUT2D eigenvalue weighted by Gasteiger charge is -2.36. The van der Waals surface area contributed by atoms with Crippen molar-refractivity contribution in [2.45, 2.75) is 38.9 Å². The minimum atomic E-state index is -0.0728. The van der Waals surface area contributed by atoms with Crippen molar-refractivity contribution >= 4 is 17.5 Å². The smallest absolute Gasteiger partial charge is 0.270 e. The van der Waals surface area contributed by atoms with Gasteiger partial charge in [-0.05, 0) is 13.8 Å². The number of amides is 2. The topological polar surface area (TPSA) is 62.2 Å². The normalized spacial score (nSPS) is 29.3. The molecule has 0 N–H and O–H groups in total. The van der Waals surface area contributed by atoms with Crippen LogP contribution in [0.2, 0.25) is 0 Å². The van der Waals surface area contributed by atoms with Crippen molar-refractivity contribution in [1.29, 1.82) is 0 Å². The maximum absolute atomic E-state index is 12.3. The zero-order valence-corrected chi connectivity index (χ0v) is 11.0. The van der Waals surface area contributed by atoms with E-state index in [1.807, 2.05) is 13.8 Å². The highest BCUT2D eigenvalue weighted by Crippen LogP contribution is 2.14. The van der Waals surface area contributed by atoms with Gasteiger partial charge in [-0.1, -0.05) is 0 Å². The molecule has 2 rings (SSSR count). The van der Waals surface area contributed by atoms with Crippen LogP contribution in [-0.4, -0.2) is 59.8 Å². The van der Waals surface area contributed by atoms with Crippen LogP contribution in [0.25, 0.3) is 0 Å². The molecule has 0 radical (unpaired) electrons. The third kappa shape index (κ3) is 2.69. The first-order chi connectivity index (χ1) is 8.47. The third-order valence-electron chi connectivity index (χ3n) is 3.16. The van der Waals surface area contributed by atoms with E-state index >= 15 is 0 Å². The summed E-state index contributed by atoms with van der Waals surface area (Å²) in [5, 5.41) is 5.31. The molecule has 2 aliphatic rings. The molecule has 0 aliphatic carbocycles. The van der Waals surface area contributed by atoms with Crippen molar-refractivity contribution in [3.63, 3.8) is 0 Å². The summed E-state index contributed by atoms with van der Waals surface area (Å²) in [5.41, 5.74) is 0.471. The Labute approximate surface area is 107 Å². The number of ether oxygens (including phenoxy) is 1. The first-order valence-corrected chi connectivity index (χ1v) is 6.26. The fourth-order valence-corrected chi connectivity index (χ4v) is 2.35. The maximum Gasteiger partial charge on any atom is 0.270 e. The van der Waals surface area contributed by atoms with Crippen LogP contribution in [0, 0.1) is 0 Å². The van der Waals surface area contributed by atoms with Crippen LogP contribution in [-0.2, 0) is 14.3 Å². The van der Waals surface area contributed by atoms with Gasteiger partial charge in [0.05, 0.1) is 12.2 Å². The number of hydrogen-bond acceptors (Lipinski definition) is 4. The van der Waals surface area contributed by atoms with Crippen molar-refractivity contribution < 1.29 is 14.3 Å². The predicted octanol–water partition coefficient (Wildman–Crippen LogP) is 0.230. The molecule has 2 heterocycles. The van der Waals surface area contributed by atoms with Gasteiger partial charge in [-0.25, -0.2) is 5.01 Å². The number of hydrogen-bond donors (Lipinski definition) is 0. The Morgan fingerprint density at radius 1 is 1.28 bits per heavy atom. The molecule has 0 aromatic heterocycles. The van der Waals surface area contributed by atoms with Crippen LogP contribution >= 0.6 is 0 Å². The van der Waals surface area contributed by atoms with Gasteiger partial charge in [0.1, 0.15) is 5.71 Å². The zero-order valence-electron chi connectivity index (χ0n) is 11.0. The van der Waals surface area contributed by atoms with Gasteiger partial charge in [0, 0.05) is 33.0 Å². The molecule has 1 saturated heterocycles. The Hall–Kier alpha value is -1.43. The molecule has 2 amide bonds. The van der Waals surface area contributed by atoms with Crippen LogP contribution in [0.3, 0.4) is 0 Å². The molecule has 6 nitrogen and oxygen atoms in total. The Morgan fingerprint density at radius 2 is 1.89 bits per heavy atom. The summed E-state index contributed by atoms with van der Waals surface area (Å²) in [7, 11) is 1.58. The van der Waals surface area contributed by atoms with Crippen LogP contribution in [0.15, 0.2) is 5.10 Å². The average Bonchev–Trinajstić information content (AvgIpc) is 2.30. The van der Waals surface area contributed by atoms with E-state index in [2.05, 4.69) is 5.10 Å². The Kier molecular flexibility index (Phi) is 3.65. The molecule has 0 aromatic carbocycles. The highest BCUT2D eigenvalue weighted by molar-refractivity contribution is 6.39. The molecule has 6 heteroatoms. The minimum Gasteiger partial charge on any atom is -0.372 e. The number of hydrazone groups is 1. The van der Waals surface area contributed by atoms with Crippen molar-refractivity contribution in [2.75, 3.05) is 20.1 Å². The Morgan fingerprint density at radius 3 is 2.44 bits per heavy atom. The quantitative estimate of drug-likeness (QED) is 0.672. The van der Waals surface area contributed by atoms with Gasteiger partial charge >= 0.3 is 0 Å². The lowest BCUT2D eigenvalue weighted by Crippen LogP contribution is -2.51. The summed E-state index contributed by atoms with van der Waals surface area (Å²) in [6, 6.07) is 0. The lowest BCUT2D eigenvalue weighted by atomic mass is 10.1.